The van der Waals surface area contributed by atoms with Crippen molar-refractivity contribution in [3.63, 3.8) is 0 Å². The minimum atomic E-state index is -0.262. The summed E-state index contributed by atoms with van der Waals surface area (Å²) in [6.45, 7) is 4.39. The first-order valence-electron chi connectivity index (χ1n) is 6.87. The first-order valence-corrected chi connectivity index (χ1v) is 7.62. The number of benzene rings is 1. The highest BCUT2D eigenvalue weighted by Crippen LogP contribution is 2.28. The van der Waals surface area contributed by atoms with Gasteiger partial charge in [0.05, 0.1) is 21.8 Å². The average molecular weight is 324 g/mol. The lowest BCUT2D eigenvalue weighted by atomic mass is 9.97. The van der Waals surface area contributed by atoms with E-state index in [0.717, 1.165) is 12.0 Å². The molecule has 1 heterocycles. The van der Waals surface area contributed by atoms with Crippen molar-refractivity contribution in [2.24, 2.45) is 11.8 Å². The molecule has 1 unspecified atom stereocenters. The fourth-order valence-corrected chi connectivity index (χ4v) is 2.83. The molecule has 0 saturated carbocycles. The van der Waals surface area contributed by atoms with Gasteiger partial charge in [0, 0.05) is 6.20 Å². The average Bonchev–Trinajstić information content (AvgIpc) is 2.41. The Balaban J connectivity index is 2.37. The number of hydrogen-bond donors (Lipinski definition) is 2. The molecular weight excluding hydrogens is 305 g/mol. The molecule has 0 spiro atoms. The number of aromatic nitrogens is 1. The van der Waals surface area contributed by atoms with Gasteiger partial charge in [-0.25, -0.2) is 5.43 Å². The zero-order valence-corrected chi connectivity index (χ0v) is 13.6. The number of halogens is 2. The van der Waals surface area contributed by atoms with E-state index in [9.17, 15) is 0 Å². The van der Waals surface area contributed by atoms with E-state index in [4.69, 9.17) is 29.0 Å². The molecule has 2 aromatic rings. The Morgan fingerprint density at radius 2 is 2.00 bits per heavy atom. The van der Waals surface area contributed by atoms with Crippen LogP contribution in [-0.2, 0) is 6.42 Å². The van der Waals surface area contributed by atoms with E-state index < -0.39 is 0 Å². The van der Waals surface area contributed by atoms with Crippen molar-refractivity contribution in [2.75, 3.05) is 0 Å². The van der Waals surface area contributed by atoms with Crippen LogP contribution in [-0.4, -0.2) is 4.98 Å². The molecule has 0 bridgehead atoms. The number of rotatable bonds is 5. The molecule has 0 aliphatic rings. The standard InChI is InChI=1S/C16H19Cl2N3/c1-10(2)6-11-4-3-5-12(7-11)15(21-19)16-14(18)8-13(17)9-20-16/h3-5,7-10,15,21H,6,19H2,1-2H3. The number of nitrogens with one attached hydrogen (secondary N) is 1. The van der Waals surface area contributed by atoms with Crippen molar-refractivity contribution >= 4 is 23.2 Å². The maximum atomic E-state index is 6.23. The zero-order chi connectivity index (χ0) is 15.4. The Kier molecular flexibility index (Phi) is 5.59. The molecule has 3 nitrogen and oxygen atoms in total. The zero-order valence-electron chi connectivity index (χ0n) is 12.1. The largest absolute Gasteiger partial charge is 0.271 e. The highest BCUT2D eigenvalue weighted by molar-refractivity contribution is 6.34. The third-order valence-electron chi connectivity index (χ3n) is 3.20. The fraction of sp³-hybridized carbons (Fsp3) is 0.312. The van der Waals surface area contributed by atoms with E-state index in [2.05, 4.69) is 36.4 Å². The Labute approximate surface area is 135 Å². The number of pyridine rings is 1. The van der Waals surface area contributed by atoms with E-state index in [-0.39, 0.29) is 6.04 Å². The second-order valence-electron chi connectivity index (χ2n) is 5.46. The van der Waals surface area contributed by atoms with Gasteiger partial charge in [-0.1, -0.05) is 61.3 Å². The second kappa shape index (κ2) is 7.23. The Morgan fingerprint density at radius 3 is 2.62 bits per heavy atom. The van der Waals surface area contributed by atoms with Crippen LogP contribution in [0.1, 0.15) is 36.7 Å². The van der Waals surface area contributed by atoms with Gasteiger partial charge >= 0.3 is 0 Å². The van der Waals surface area contributed by atoms with Crippen molar-refractivity contribution in [2.45, 2.75) is 26.3 Å². The van der Waals surface area contributed by atoms with Gasteiger partial charge < -0.3 is 0 Å². The van der Waals surface area contributed by atoms with Gasteiger partial charge in [0.25, 0.3) is 0 Å². The number of nitrogens with zero attached hydrogens (tertiary/aromatic N) is 1. The summed E-state index contributed by atoms with van der Waals surface area (Å²) in [6.07, 6.45) is 2.60. The molecule has 0 aliphatic heterocycles. The van der Waals surface area contributed by atoms with Crippen LogP contribution >= 0.6 is 23.2 Å². The molecule has 3 N–H and O–H groups in total. The molecular formula is C16H19Cl2N3. The molecule has 2 rings (SSSR count). The molecule has 0 radical (unpaired) electrons. The van der Waals surface area contributed by atoms with Crippen LogP contribution in [0.15, 0.2) is 36.5 Å². The van der Waals surface area contributed by atoms with Gasteiger partial charge in [0.15, 0.2) is 0 Å². The lowest BCUT2D eigenvalue weighted by molar-refractivity contribution is 0.615. The SMILES string of the molecule is CC(C)Cc1cccc(C(NN)c2ncc(Cl)cc2Cl)c1. The first kappa shape index (κ1) is 16.2. The summed E-state index contributed by atoms with van der Waals surface area (Å²) in [5.41, 5.74) is 5.76. The maximum Gasteiger partial charge on any atom is 0.0896 e. The van der Waals surface area contributed by atoms with Crippen LogP contribution in [0.3, 0.4) is 0 Å². The summed E-state index contributed by atoms with van der Waals surface area (Å²) in [6, 6.07) is 9.71. The number of hydrogen-bond acceptors (Lipinski definition) is 3. The summed E-state index contributed by atoms with van der Waals surface area (Å²) in [4.78, 5) is 4.31. The van der Waals surface area contributed by atoms with E-state index in [1.165, 1.54) is 5.56 Å². The van der Waals surface area contributed by atoms with Crippen LogP contribution in [0.25, 0.3) is 0 Å². The van der Waals surface area contributed by atoms with Crippen LogP contribution in [0.2, 0.25) is 10.0 Å². The van der Waals surface area contributed by atoms with Crippen molar-refractivity contribution < 1.29 is 0 Å². The highest BCUT2D eigenvalue weighted by Gasteiger charge is 2.18. The van der Waals surface area contributed by atoms with Gasteiger partial charge in [-0.05, 0) is 29.5 Å². The summed E-state index contributed by atoms with van der Waals surface area (Å²) in [5.74, 6) is 6.31. The van der Waals surface area contributed by atoms with Crippen molar-refractivity contribution in [1.82, 2.24) is 10.4 Å². The van der Waals surface area contributed by atoms with Gasteiger partial charge in [-0.3, -0.25) is 10.8 Å². The molecule has 1 aromatic heterocycles. The lowest BCUT2D eigenvalue weighted by Crippen LogP contribution is -2.29. The highest BCUT2D eigenvalue weighted by atomic mass is 35.5. The molecule has 1 aromatic carbocycles. The van der Waals surface area contributed by atoms with E-state index in [1.807, 2.05) is 12.1 Å². The van der Waals surface area contributed by atoms with Gasteiger partial charge in [0.1, 0.15) is 0 Å². The predicted octanol–water partition coefficient (Wildman–Crippen LogP) is 4.14. The number of nitrogens with two attached hydrogens (primary N) is 1. The predicted molar refractivity (Wildman–Crippen MR) is 88.4 cm³/mol. The molecule has 0 amide bonds. The molecule has 5 heteroatoms. The molecule has 0 fully saturated rings. The lowest BCUT2D eigenvalue weighted by Gasteiger charge is -2.18. The Morgan fingerprint density at radius 1 is 1.24 bits per heavy atom. The first-order chi connectivity index (χ1) is 10.0. The summed E-state index contributed by atoms with van der Waals surface area (Å²) in [5, 5.41) is 1.01. The monoisotopic (exact) mass is 323 g/mol. The topological polar surface area (TPSA) is 50.9 Å². The van der Waals surface area contributed by atoms with E-state index >= 15 is 0 Å². The number of hydrazine groups is 1. The van der Waals surface area contributed by atoms with E-state index in [1.54, 1.807) is 12.3 Å². The molecule has 112 valence electrons. The minimum Gasteiger partial charge on any atom is -0.271 e. The Hall–Kier alpha value is -1.13. The summed E-state index contributed by atoms with van der Waals surface area (Å²) >= 11 is 12.1. The van der Waals surface area contributed by atoms with Crippen molar-refractivity contribution in [3.05, 3.63) is 63.4 Å². The Bertz CT molecular complexity index is 614. The van der Waals surface area contributed by atoms with Crippen LogP contribution in [0.4, 0.5) is 0 Å². The quantitative estimate of drug-likeness (QED) is 0.642. The van der Waals surface area contributed by atoms with Crippen molar-refractivity contribution in [1.29, 1.82) is 0 Å². The van der Waals surface area contributed by atoms with Gasteiger partial charge in [-0.15, -0.1) is 0 Å². The fourth-order valence-electron chi connectivity index (χ4n) is 2.34. The van der Waals surface area contributed by atoms with Gasteiger partial charge in [-0.2, -0.15) is 0 Å². The third kappa shape index (κ3) is 4.17. The van der Waals surface area contributed by atoms with Gasteiger partial charge in [0.2, 0.25) is 0 Å². The smallest absolute Gasteiger partial charge is 0.0896 e. The molecule has 0 saturated heterocycles. The third-order valence-corrected chi connectivity index (χ3v) is 3.71. The van der Waals surface area contributed by atoms with E-state index in [0.29, 0.717) is 21.7 Å². The molecule has 21 heavy (non-hydrogen) atoms. The second-order valence-corrected chi connectivity index (χ2v) is 6.31. The maximum absolute atomic E-state index is 6.23. The summed E-state index contributed by atoms with van der Waals surface area (Å²) in [7, 11) is 0. The molecule has 1 atom stereocenters. The van der Waals surface area contributed by atoms with Crippen LogP contribution < -0.4 is 11.3 Å². The van der Waals surface area contributed by atoms with Crippen LogP contribution in [0, 0.1) is 5.92 Å². The normalized spacial score (nSPS) is 12.7. The molecule has 0 aliphatic carbocycles. The van der Waals surface area contributed by atoms with Crippen molar-refractivity contribution in [3.8, 4) is 0 Å². The van der Waals surface area contributed by atoms with Crippen LogP contribution in [0.5, 0.6) is 0 Å². The minimum absolute atomic E-state index is 0.262. The summed E-state index contributed by atoms with van der Waals surface area (Å²) < 4.78 is 0.